The Balaban J connectivity index is 2.25. The summed E-state index contributed by atoms with van der Waals surface area (Å²) in [6.07, 6.45) is 0.711. The van der Waals surface area contributed by atoms with Crippen LogP contribution in [-0.4, -0.2) is 27.3 Å². The lowest BCUT2D eigenvalue weighted by atomic mass is 10.0. The summed E-state index contributed by atoms with van der Waals surface area (Å²) in [5.74, 6) is 0.739. The molecule has 0 fully saturated rings. The third-order valence-corrected chi connectivity index (χ3v) is 4.01. The molecule has 0 saturated heterocycles. The normalized spacial score (nSPS) is 12.7. The van der Waals surface area contributed by atoms with Gasteiger partial charge in [-0.3, -0.25) is 0 Å². The number of aromatic nitrogens is 4. The zero-order chi connectivity index (χ0) is 13.1. The van der Waals surface area contributed by atoms with Crippen molar-refractivity contribution >= 4 is 38.5 Å². The van der Waals surface area contributed by atoms with Gasteiger partial charge in [0.25, 0.3) is 0 Å². The number of rotatable bonds is 4. The second-order valence-electron chi connectivity index (χ2n) is 3.91. The number of nitrogens with one attached hydrogen (secondary N) is 1. The molecule has 0 aliphatic rings. The highest BCUT2D eigenvalue weighted by atomic mass is 127. The van der Waals surface area contributed by atoms with Crippen LogP contribution in [0.1, 0.15) is 17.4 Å². The molecule has 0 amide bonds. The van der Waals surface area contributed by atoms with E-state index in [1.165, 1.54) is 13.9 Å². The lowest BCUT2D eigenvalue weighted by molar-refractivity contribution is 0.568. The molecule has 7 heteroatoms. The molecule has 1 N–H and O–H groups in total. The fraction of sp³-hybridized carbons (Fsp3) is 0.364. The van der Waals surface area contributed by atoms with E-state index in [0.29, 0.717) is 6.42 Å². The molecule has 1 unspecified atom stereocenters. The minimum absolute atomic E-state index is 0.165. The number of aryl methyl sites for hydroxylation is 1. The first-order valence-corrected chi connectivity index (χ1v) is 7.32. The highest BCUT2D eigenvalue weighted by molar-refractivity contribution is 14.1. The topological polar surface area (TPSA) is 55.6 Å². The molecule has 1 aromatic carbocycles. The number of hydrogen-bond acceptors (Lipinski definition) is 4. The summed E-state index contributed by atoms with van der Waals surface area (Å²) in [6.45, 7) is 0. The zero-order valence-electron chi connectivity index (χ0n) is 10.1. The van der Waals surface area contributed by atoms with Gasteiger partial charge in [0.1, 0.15) is 0 Å². The van der Waals surface area contributed by atoms with Gasteiger partial charge in [0.2, 0.25) is 0 Å². The summed E-state index contributed by atoms with van der Waals surface area (Å²) in [5.41, 5.74) is 1.21. The van der Waals surface area contributed by atoms with Gasteiger partial charge in [-0.25, -0.2) is 0 Å². The van der Waals surface area contributed by atoms with Crippen molar-refractivity contribution in [2.45, 2.75) is 12.5 Å². The van der Waals surface area contributed by atoms with Crippen LogP contribution in [0.25, 0.3) is 0 Å². The van der Waals surface area contributed by atoms with Crippen molar-refractivity contribution < 1.29 is 0 Å². The molecule has 18 heavy (non-hydrogen) atoms. The molecule has 0 bridgehead atoms. The fourth-order valence-corrected chi connectivity index (χ4v) is 2.78. The van der Waals surface area contributed by atoms with Crippen LogP contribution in [0.5, 0.6) is 0 Å². The molecule has 0 aliphatic heterocycles. The fourth-order valence-electron chi connectivity index (χ4n) is 1.74. The Morgan fingerprint density at radius 3 is 2.89 bits per heavy atom. The van der Waals surface area contributed by atoms with E-state index < -0.39 is 0 Å². The maximum atomic E-state index is 4.21. The van der Waals surface area contributed by atoms with Crippen molar-refractivity contribution in [2.75, 3.05) is 7.05 Å². The highest BCUT2D eigenvalue weighted by Crippen LogP contribution is 2.27. The van der Waals surface area contributed by atoms with Crippen molar-refractivity contribution in [3.8, 4) is 0 Å². The standard InChI is InChI=1S/C11H13BrIN5/c1-14-10(6-11-15-17-18(2)16-11)8-5-7(13)3-4-9(8)12/h3-5,10,14H,6H2,1-2H3. The molecule has 2 aromatic rings. The maximum Gasteiger partial charge on any atom is 0.176 e. The van der Waals surface area contributed by atoms with Crippen molar-refractivity contribution in [3.05, 3.63) is 37.6 Å². The van der Waals surface area contributed by atoms with E-state index in [9.17, 15) is 0 Å². The Bertz CT molecular complexity index is 542. The predicted molar refractivity (Wildman–Crippen MR) is 81.2 cm³/mol. The number of tetrazole rings is 1. The Morgan fingerprint density at radius 2 is 2.28 bits per heavy atom. The van der Waals surface area contributed by atoms with Crippen molar-refractivity contribution in [1.82, 2.24) is 25.5 Å². The Kier molecular flexibility index (Phi) is 4.68. The van der Waals surface area contributed by atoms with Gasteiger partial charge >= 0.3 is 0 Å². The van der Waals surface area contributed by atoms with E-state index in [1.54, 1.807) is 7.05 Å². The highest BCUT2D eigenvalue weighted by Gasteiger charge is 2.16. The molecule has 0 aliphatic carbocycles. The third-order valence-electron chi connectivity index (χ3n) is 2.62. The molecular weight excluding hydrogens is 409 g/mol. The Hall–Kier alpha value is -0.540. The number of likely N-dealkylation sites (N-methyl/N-ethyl adjacent to an activating group) is 1. The van der Waals surface area contributed by atoms with Gasteiger partial charge in [-0.15, -0.1) is 10.2 Å². The van der Waals surface area contributed by atoms with Crippen LogP contribution >= 0.6 is 38.5 Å². The van der Waals surface area contributed by atoms with Crippen LogP contribution in [0.3, 0.4) is 0 Å². The summed E-state index contributed by atoms with van der Waals surface area (Å²) >= 11 is 5.90. The number of halogens is 2. The second-order valence-corrected chi connectivity index (χ2v) is 6.01. The lowest BCUT2D eigenvalue weighted by Gasteiger charge is -2.16. The van der Waals surface area contributed by atoms with Crippen LogP contribution < -0.4 is 5.32 Å². The van der Waals surface area contributed by atoms with Crippen LogP contribution in [0.2, 0.25) is 0 Å². The Morgan fingerprint density at radius 1 is 1.50 bits per heavy atom. The quantitative estimate of drug-likeness (QED) is 0.768. The summed E-state index contributed by atoms with van der Waals surface area (Å²) in [7, 11) is 3.71. The molecule has 0 saturated carbocycles. The first-order chi connectivity index (χ1) is 8.60. The number of nitrogens with zero attached hydrogens (tertiary/aromatic N) is 4. The van der Waals surface area contributed by atoms with Gasteiger partial charge in [-0.2, -0.15) is 4.80 Å². The molecule has 1 aromatic heterocycles. The van der Waals surface area contributed by atoms with Crippen LogP contribution in [-0.2, 0) is 13.5 Å². The maximum absolute atomic E-state index is 4.21. The summed E-state index contributed by atoms with van der Waals surface area (Å²) < 4.78 is 2.30. The van der Waals surface area contributed by atoms with Gasteiger partial charge in [0.05, 0.1) is 7.05 Å². The first kappa shape index (κ1) is 13.9. The number of benzene rings is 1. The van der Waals surface area contributed by atoms with Gasteiger partial charge in [-0.1, -0.05) is 15.9 Å². The summed E-state index contributed by atoms with van der Waals surface area (Å²) in [6, 6.07) is 6.45. The van der Waals surface area contributed by atoms with Gasteiger partial charge in [0, 0.05) is 20.5 Å². The zero-order valence-corrected chi connectivity index (χ0v) is 13.8. The average molecular weight is 422 g/mol. The third kappa shape index (κ3) is 3.27. The van der Waals surface area contributed by atoms with Crippen molar-refractivity contribution in [2.24, 2.45) is 7.05 Å². The monoisotopic (exact) mass is 421 g/mol. The minimum atomic E-state index is 0.165. The Labute approximate surface area is 128 Å². The average Bonchev–Trinajstić information content (AvgIpc) is 2.75. The molecule has 0 radical (unpaired) electrons. The molecule has 2 rings (SSSR count). The van der Waals surface area contributed by atoms with E-state index in [-0.39, 0.29) is 6.04 Å². The molecule has 5 nitrogen and oxygen atoms in total. The molecule has 0 spiro atoms. The largest absolute Gasteiger partial charge is 0.313 e. The van der Waals surface area contributed by atoms with Crippen LogP contribution in [0.15, 0.2) is 22.7 Å². The smallest absolute Gasteiger partial charge is 0.176 e. The van der Waals surface area contributed by atoms with Crippen molar-refractivity contribution in [1.29, 1.82) is 0 Å². The molecule has 1 heterocycles. The molecule has 96 valence electrons. The second kappa shape index (κ2) is 6.07. The SMILES string of the molecule is CNC(Cc1nnn(C)n1)c1cc(I)ccc1Br. The van der Waals surface area contributed by atoms with E-state index in [4.69, 9.17) is 0 Å². The van der Waals surface area contributed by atoms with Gasteiger partial charge in [-0.05, 0) is 58.6 Å². The van der Waals surface area contributed by atoms with E-state index in [0.717, 1.165) is 10.3 Å². The van der Waals surface area contributed by atoms with E-state index in [2.05, 4.69) is 77.4 Å². The van der Waals surface area contributed by atoms with Gasteiger partial charge < -0.3 is 5.32 Å². The van der Waals surface area contributed by atoms with E-state index >= 15 is 0 Å². The van der Waals surface area contributed by atoms with Gasteiger partial charge in [0.15, 0.2) is 5.82 Å². The first-order valence-electron chi connectivity index (χ1n) is 5.45. The molecule has 1 atom stereocenters. The van der Waals surface area contributed by atoms with Crippen LogP contribution in [0, 0.1) is 3.57 Å². The lowest BCUT2D eigenvalue weighted by Crippen LogP contribution is -2.20. The summed E-state index contributed by atoms with van der Waals surface area (Å²) in [4.78, 5) is 1.48. The van der Waals surface area contributed by atoms with Crippen LogP contribution in [0.4, 0.5) is 0 Å². The summed E-state index contributed by atoms with van der Waals surface area (Å²) in [5, 5.41) is 15.4. The number of hydrogen-bond donors (Lipinski definition) is 1. The molecular formula is C11H13BrIN5. The van der Waals surface area contributed by atoms with E-state index in [1.807, 2.05) is 7.05 Å². The minimum Gasteiger partial charge on any atom is -0.313 e. The van der Waals surface area contributed by atoms with Crippen molar-refractivity contribution in [3.63, 3.8) is 0 Å². The predicted octanol–water partition coefficient (Wildman–Crippen LogP) is 2.08.